The Labute approximate surface area is 190 Å². The minimum absolute atomic E-state index is 0.130. The maximum atomic E-state index is 13.3. The molecule has 3 heterocycles. The third-order valence-corrected chi connectivity index (χ3v) is 5.81. The van der Waals surface area contributed by atoms with Crippen molar-refractivity contribution in [3.63, 3.8) is 0 Å². The van der Waals surface area contributed by atoms with E-state index in [1.807, 2.05) is 59.6 Å². The van der Waals surface area contributed by atoms with Crippen molar-refractivity contribution < 1.29 is 14.3 Å². The fourth-order valence-corrected chi connectivity index (χ4v) is 4.18. The fourth-order valence-electron chi connectivity index (χ4n) is 4.18. The number of methoxy groups -OCH3 is 1. The van der Waals surface area contributed by atoms with Crippen molar-refractivity contribution in [1.82, 2.24) is 14.6 Å². The summed E-state index contributed by atoms with van der Waals surface area (Å²) >= 11 is 0. The van der Waals surface area contributed by atoms with Gasteiger partial charge in [-0.3, -0.25) is 10.2 Å². The van der Waals surface area contributed by atoms with Crippen LogP contribution < -0.4 is 15.7 Å². The number of aromatic nitrogens is 2. The summed E-state index contributed by atoms with van der Waals surface area (Å²) < 4.78 is 11.7. The van der Waals surface area contributed by atoms with Gasteiger partial charge in [0.25, 0.3) is 5.56 Å². The Kier molecular flexibility index (Phi) is 5.29. The van der Waals surface area contributed by atoms with Crippen molar-refractivity contribution in [3.8, 4) is 5.75 Å². The van der Waals surface area contributed by atoms with E-state index in [2.05, 4.69) is 10.4 Å². The monoisotopic (exact) mass is 445 g/mol. The van der Waals surface area contributed by atoms with Gasteiger partial charge in [-0.25, -0.2) is 24.3 Å². The van der Waals surface area contributed by atoms with Crippen molar-refractivity contribution in [2.45, 2.75) is 25.4 Å². The molecule has 0 fully saturated rings. The number of anilines is 1. The summed E-state index contributed by atoms with van der Waals surface area (Å²) in [6.07, 6.45) is 1.93. The molecule has 2 aliphatic heterocycles. The van der Waals surface area contributed by atoms with Gasteiger partial charge in [0.2, 0.25) is 11.9 Å². The number of hydrogen-bond donors (Lipinski definition) is 1. The van der Waals surface area contributed by atoms with Gasteiger partial charge in [-0.2, -0.15) is 0 Å². The van der Waals surface area contributed by atoms with E-state index in [1.165, 1.54) is 10.8 Å². The molecule has 2 atom stereocenters. The molecule has 0 radical (unpaired) electrons. The van der Waals surface area contributed by atoms with Crippen LogP contribution in [0.3, 0.4) is 0 Å². The highest BCUT2D eigenvalue weighted by molar-refractivity contribution is 5.94. The van der Waals surface area contributed by atoms with E-state index < -0.39 is 11.5 Å². The number of rotatable bonds is 5. The number of hydrogen-bond acceptors (Lipinski definition) is 8. The Hall–Kier alpha value is -4.14. The zero-order chi connectivity index (χ0) is 22.9. The number of carbonyl (C=O) groups is 1. The van der Waals surface area contributed by atoms with E-state index >= 15 is 0 Å². The molecule has 0 bridgehead atoms. The molecule has 2 aromatic carbocycles. The molecule has 9 heteroatoms. The summed E-state index contributed by atoms with van der Waals surface area (Å²) in [6, 6.07) is 17.4. The Bertz CT molecular complexity index is 1270. The van der Waals surface area contributed by atoms with Gasteiger partial charge in [0.15, 0.2) is 0 Å². The number of ether oxygens (including phenoxy) is 2. The van der Waals surface area contributed by atoms with Gasteiger partial charge in [0.1, 0.15) is 11.3 Å². The van der Waals surface area contributed by atoms with Crippen LogP contribution in [-0.4, -0.2) is 40.2 Å². The van der Waals surface area contributed by atoms with E-state index in [0.29, 0.717) is 18.3 Å². The smallest absolute Gasteiger partial charge is 0.345 e. The number of carbonyl (C=O) groups excluding carboxylic acids is 1. The number of aliphatic imine (C=N–C) groups is 1. The minimum atomic E-state index is -0.702. The quantitative estimate of drug-likeness (QED) is 0.603. The van der Waals surface area contributed by atoms with Gasteiger partial charge in [-0.05, 0) is 30.2 Å². The third-order valence-electron chi connectivity index (χ3n) is 5.81. The predicted molar refractivity (Wildman–Crippen MR) is 122 cm³/mol. The molecule has 2 unspecified atom stereocenters. The summed E-state index contributed by atoms with van der Waals surface area (Å²) in [4.78, 5) is 34.8. The van der Waals surface area contributed by atoms with Crippen molar-refractivity contribution in [2.24, 2.45) is 4.99 Å². The molecule has 168 valence electrons. The van der Waals surface area contributed by atoms with Crippen LogP contribution in [0, 0.1) is 0 Å². The number of hydrazine groups is 1. The second-order valence-corrected chi connectivity index (χ2v) is 7.72. The topological polar surface area (TPSA) is 98.0 Å². The molecule has 5 rings (SSSR count). The molecule has 0 amide bonds. The molecule has 33 heavy (non-hydrogen) atoms. The largest absolute Gasteiger partial charge is 0.497 e. The molecule has 0 aliphatic carbocycles. The van der Waals surface area contributed by atoms with Crippen molar-refractivity contribution >= 4 is 17.9 Å². The van der Waals surface area contributed by atoms with Crippen molar-refractivity contribution in [2.75, 3.05) is 19.1 Å². The highest BCUT2D eigenvalue weighted by atomic mass is 16.5. The molecule has 9 nitrogen and oxygen atoms in total. The normalized spacial score (nSPS) is 18.6. The maximum Gasteiger partial charge on any atom is 0.345 e. The van der Waals surface area contributed by atoms with E-state index in [9.17, 15) is 9.59 Å². The van der Waals surface area contributed by atoms with E-state index in [4.69, 9.17) is 14.5 Å². The average Bonchev–Trinajstić information content (AvgIpc) is 3.24. The number of nitrogens with zero attached hydrogens (tertiary/aromatic N) is 4. The van der Waals surface area contributed by atoms with Crippen LogP contribution in [0.2, 0.25) is 0 Å². The lowest BCUT2D eigenvalue weighted by molar-refractivity contribution is 0.0523. The number of esters is 1. The first-order valence-electron chi connectivity index (χ1n) is 10.7. The zero-order valence-electron chi connectivity index (χ0n) is 18.3. The van der Waals surface area contributed by atoms with Crippen LogP contribution >= 0.6 is 0 Å². The lowest BCUT2D eigenvalue weighted by atomic mass is 9.93. The molecule has 0 spiro atoms. The molecule has 3 aromatic rings. The van der Waals surface area contributed by atoms with E-state index in [-0.39, 0.29) is 24.3 Å². The van der Waals surface area contributed by atoms with Crippen LogP contribution in [0.4, 0.5) is 5.95 Å². The first-order chi connectivity index (χ1) is 16.1. The number of benzene rings is 2. The third kappa shape index (κ3) is 3.61. The van der Waals surface area contributed by atoms with Gasteiger partial charge in [-0.15, -0.1) is 0 Å². The second kappa shape index (κ2) is 8.42. The Balaban J connectivity index is 1.62. The molecule has 1 aromatic heterocycles. The van der Waals surface area contributed by atoms with Gasteiger partial charge >= 0.3 is 5.97 Å². The Morgan fingerprint density at radius 2 is 1.88 bits per heavy atom. The first kappa shape index (κ1) is 20.7. The SMILES string of the molecule is CCOC(=O)c1cnc2n(c1=O)C1=NC(c3ccccc3)CC(c3ccc(OC)cc3)N1N2. The maximum absolute atomic E-state index is 13.3. The highest BCUT2D eigenvalue weighted by Gasteiger charge is 2.40. The molecule has 2 aliphatic rings. The number of fused-ring (bicyclic) bond motifs is 3. The van der Waals surface area contributed by atoms with Gasteiger partial charge in [-0.1, -0.05) is 42.5 Å². The predicted octanol–water partition coefficient (Wildman–Crippen LogP) is 3.16. The van der Waals surface area contributed by atoms with Gasteiger partial charge < -0.3 is 9.47 Å². The van der Waals surface area contributed by atoms with Crippen molar-refractivity contribution in [1.29, 1.82) is 0 Å². The molecular formula is C24H23N5O4. The standard InChI is InChI=1S/C24H23N5O4/c1-3-33-22(31)18-14-25-23-27-29-20(16-9-11-17(32-2)12-10-16)13-19(15-7-5-4-6-8-15)26-24(29)28(23)21(18)30/h4-12,14,19-20H,3,13H2,1-2H3,(H,25,27). The summed E-state index contributed by atoms with van der Waals surface area (Å²) in [5.74, 6) is 0.762. The summed E-state index contributed by atoms with van der Waals surface area (Å²) in [6.45, 7) is 1.86. The number of nitrogens with one attached hydrogen (secondary N) is 1. The first-order valence-corrected chi connectivity index (χ1v) is 10.7. The average molecular weight is 445 g/mol. The van der Waals surface area contributed by atoms with Crippen LogP contribution in [0.5, 0.6) is 5.75 Å². The van der Waals surface area contributed by atoms with E-state index in [0.717, 1.165) is 16.9 Å². The summed E-state index contributed by atoms with van der Waals surface area (Å²) in [7, 11) is 1.63. The fraction of sp³-hybridized carbons (Fsp3) is 0.250. The minimum Gasteiger partial charge on any atom is -0.497 e. The van der Waals surface area contributed by atoms with Crippen LogP contribution in [0.25, 0.3) is 0 Å². The van der Waals surface area contributed by atoms with Gasteiger partial charge in [0, 0.05) is 6.42 Å². The van der Waals surface area contributed by atoms with Crippen LogP contribution in [-0.2, 0) is 4.74 Å². The van der Waals surface area contributed by atoms with E-state index in [1.54, 1.807) is 14.0 Å². The molecule has 1 N–H and O–H groups in total. The Morgan fingerprint density at radius 1 is 1.12 bits per heavy atom. The summed E-state index contributed by atoms with van der Waals surface area (Å²) in [5, 5.41) is 1.83. The second-order valence-electron chi connectivity index (χ2n) is 7.72. The molecular weight excluding hydrogens is 422 g/mol. The van der Waals surface area contributed by atoms with Crippen LogP contribution in [0.15, 0.2) is 70.6 Å². The zero-order valence-corrected chi connectivity index (χ0v) is 18.3. The molecule has 0 saturated heterocycles. The van der Waals surface area contributed by atoms with Gasteiger partial charge in [0.05, 0.1) is 32.0 Å². The van der Waals surface area contributed by atoms with Crippen LogP contribution in [0.1, 0.15) is 46.9 Å². The van der Waals surface area contributed by atoms with Crippen molar-refractivity contribution in [3.05, 3.63) is 87.8 Å². The molecule has 0 saturated carbocycles. The summed E-state index contributed by atoms with van der Waals surface area (Å²) in [5.41, 5.74) is 4.62. The lowest BCUT2D eigenvalue weighted by Crippen LogP contribution is -2.43. The Morgan fingerprint density at radius 3 is 2.58 bits per heavy atom. The highest BCUT2D eigenvalue weighted by Crippen LogP contribution is 2.40. The lowest BCUT2D eigenvalue weighted by Gasteiger charge is -2.35.